The van der Waals surface area contributed by atoms with Crippen molar-refractivity contribution in [3.8, 4) is 0 Å². The number of aromatic nitrogens is 3. The molecule has 2 aromatic heterocycles. The summed E-state index contributed by atoms with van der Waals surface area (Å²) >= 11 is 0. The molecule has 0 aromatic carbocycles. The maximum absolute atomic E-state index is 12.0. The highest BCUT2D eigenvalue weighted by molar-refractivity contribution is 5.76. The number of anilines is 1. The second-order valence-corrected chi connectivity index (χ2v) is 6.27. The second kappa shape index (κ2) is 6.05. The van der Waals surface area contributed by atoms with E-state index in [1.165, 1.54) is 23.8 Å². The highest BCUT2D eigenvalue weighted by Crippen LogP contribution is 2.36. The molecule has 11 heteroatoms. The van der Waals surface area contributed by atoms with Crippen LogP contribution in [0.15, 0.2) is 17.1 Å². The SMILES string of the molecule is C[C@@]1(O)[C@H](O)[C@@H](O)[C@H](O)[C@@H](CO)O[C@H]1n1ccc2c(=O)[nH]c(N)nc21. The predicted octanol–water partition coefficient (Wildman–Crippen LogP) is -2.97. The van der Waals surface area contributed by atoms with Crippen LogP contribution in [-0.2, 0) is 4.74 Å². The Morgan fingerprint density at radius 3 is 2.72 bits per heavy atom. The van der Waals surface area contributed by atoms with Gasteiger partial charge in [0, 0.05) is 6.20 Å². The van der Waals surface area contributed by atoms with E-state index in [0.29, 0.717) is 0 Å². The number of hydrogen-bond acceptors (Lipinski definition) is 9. The van der Waals surface area contributed by atoms with E-state index >= 15 is 0 Å². The van der Waals surface area contributed by atoms with E-state index in [2.05, 4.69) is 9.97 Å². The number of aromatic amines is 1. The average Bonchev–Trinajstić information content (AvgIpc) is 2.94. The fourth-order valence-electron chi connectivity index (χ4n) is 3.03. The first-order valence-corrected chi connectivity index (χ1v) is 7.57. The van der Waals surface area contributed by atoms with Gasteiger partial charge >= 0.3 is 0 Å². The third kappa shape index (κ3) is 2.70. The highest BCUT2D eigenvalue weighted by Gasteiger charge is 2.52. The Bertz CT molecular complexity index is 832. The summed E-state index contributed by atoms with van der Waals surface area (Å²) in [5.74, 6) is -0.162. The maximum atomic E-state index is 12.0. The van der Waals surface area contributed by atoms with Crippen LogP contribution in [0, 0.1) is 0 Å². The molecule has 1 saturated heterocycles. The van der Waals surface area contributed by atoms with Gasteiger partial charge in [-0.15, -0.1) is 0 Å². The van der Waals surface area contributed by atoms with E-state index in [1.807, 2.05) is 0 Å². The number of ether oxygens (including phenoxy) is 1. The number of H-pyrrole nitrogens is 1. The standard InChI is InChI=1S/C14H20N4O7/c1-14(24)9(22)8(21)7(20)6(4-19)25-12(14)18-3-2-5-10(18)16-13(15)17-11(5)23/h2-3,6-9,12,19-22,24H,4H2,1H3,(H3,15,16,17,23)/t6-,7-,8+,9-,12-,14-/m1/s1. The van der Waals surface area contributed by atoms with Crippen LogP contribution < -0.4 is 11.3 Å². The predicted molar refractivity (Wildman–Crippen MR) is 84.4 cm³/mol. The molecule has 1 fully saturated rings. The number of nitrogens with two attached hydrogens (primary N) is 1. The third-order valence-electron chi connectivity index (χ3n) is 4.49. The molecule has 1 aliphatic heterocycles. The number of nitrogens with one attached hydrogen (secondary N) is 1. The molecule has 0 unspecified atom stereocenters. The molecule has 8 N–H and O–H groups in total. The first kappa shape index (κ1) is 17.8. The topological polar surface area (TPSA) is 187 Å². The fourth-order valence-corrected chi connectivity index (χ4v) is 3.03. The monoisotopic (exact) mass is 356 g/mol. The molecule has 0 bridgehead atoms. The van der Waals surface area contributed by atoms with Crippen molar-refractivity contribution in [2.45, 2.75) is 43.2 Å². The van der Waals surface area contributed by atoms with Crippen LogP contribution in [0.5, 0.6) is 0 Å². The van der Waals surface area contributed by atoms with E-state index in [9.17, 15) is 30.3 Å². The zero-order chi connectivity index (χ0) is 18.5. The Hall–Kier alpha value is -2.02. The fraction of sp³-hybridized carbons (Fsp3) is 0.571. The summed E-state index contributed by atoms with van der Waals surface area (Å²) in [5, 5.41) is 50.7. The van der Waals surface area contributed by atoms with Gasteiger partial charge in [-0.25, -0.2) is 0 Å². The molecule has 0 amide bonds. The smallest absolute Gasteiger partial charge is 0.261 e. The van der Waals surface area contributed by atoms with Crippen molar-refractivity contribution in [3.63, 3.8) is 0 Å². The molecule has 1 aliphatic rings. The molecular formula is C14H20N4O7. The largest absolute Gasteiger partial charge is 0.394 e. The van der Waals surface area contributed by atoms with Gasteiger partial charge in [0.2, 0.25) is 5.95 Å². The van der Waals surface area contributed by atoms with Gasteiger partial charge < -0.3 is 40.6 Å². The van der Waals surface area contributed by atoms with Crippen molar-refractivity contribution in [3.05, 3.63) is 22.6 Å². The molecular weight excluding hydrogens is 336 g/mol. The van der Waals surface area contributed by atoms with Crippen LogP contribution in [0.25, 0.3) is 11.0 Å². The highest BCUT2D eigenvalue weighted by atomic mass is 16.6. The van der Waals surface area contributed by atoms with Gasteiger partial charge in [0.05, 0.1) is 12.0 Å². The number of fused-ring (bicyclic) bond motifs is 1. The van der Waals surface area contributed by atoms with E-state index in [0.717, 1.165) is 0 Å². The number of nitrogen functional groups attached to an aromatic ring is 1. The zero-order valence-corrected chi connectivity index (χ0v) is 13.3. The Morgan fingerprint density at radius 1 is 1.40 bits per heavy atom. The summed E-state index contributed by atoms with van der Waals surface area (Å²) in [6, 6.07) is 1.41. The van der Waals surface area contributed by atoms with E-state index < -0.39 is 48.4 Å². The van der Waals surface area contributed by atoms with Crippen LogP contribution >= 0.6 is 0 Å². The van der Waals surface area contributed by atoms with Crippen LogP contribution in [0.3, 0.4) is 0 Å². The molecule has 25 heavy (non-hydrogen) atoms. The van der Waals surface area contributed by atoms with Gasteiger partial charge in [-0.05, 0) is 13.0 Å². The first-order valence-electron chi connectivity index (χ1n) is 7.57. The summed E-state index contributed by atoms with van der Waals surface area (Å²) in [4.78, 5) is 18.3. The normalized spacial score (nSPS) is 36.5. The minimum absolute atomic E-state index is 0.0706. The molecule has 0 aliphatic carbocycles. The van der Waals surface area contributed by atoms with E-state index in [4.69, 9.17) is 10.5 Å². The van der Waals surface area contributed by atoms with Gasteiger partial charge in [-0.3, -0.25) is 9.78 Å². The van der Waals surface area contributed by atoms with Gasteiger partial charge in [-0.2, -0.15) is 4.98 Å². The minimum atomic E-state index is -2.09. The number of rotatable bonds is 2. The lowest BCUT2D eigenvalue weighted by atomic mass is 9.90. The number of hydrogen-bond donors (Lipinski definition) is 7. The van der Waals surface area contributed by atoms with Crippen molar-refractivity contribution in [1.82, 2.24) is 14.5 Å². The van der Waals surface area contributed by atoms with Crippen LogP contribution in [-0.4, -0.2) is 76.7 Å². The molecule has 3 heterocycles. The summed E-state index contributed by atoms with van der Waals surface area (Å²) in [6.45, 7) is 0.521. The quantitative estimate of drug-likeness (QED) is 0.295. The van der Waals surface area contributed by atoms with Gasteiger partial charge in [-0.1, -0.05) is 0 Å². The molecule has 3 rings (SSSR count). The molecule has 11 nitrogen and oxygen atoms in total. The van der Waals surface area contributed by atoms with Crippen molar-refractivity contribution in [2.24, 2.45) is 0 Å². The van der Waals surface area contributed by atoms with Crippen molar-refractivity contribution in [1.29, 1.82) is 0 Å². The lowest BCUT2D eigenvalue weighted by Gasteiger charge is -2.36. The summed E-state index contributed by atoms with van der Waals surface area (Å²) in [6.07, 6.45) is -6.49. The van der Waals surface area contributed by atoms with Crippen molar-refractivity contribution in [2.75, 3.05) is 12.3 Å². The summed E-state index contributed by atoms with van der Waals surface area (Å²) in [7, 11) is 0. The summed E-state index contributed by atoms with van der Waals surface area (Å²) < 4.78 is 6.81. The molecule has 2 aromatic rings. The third-order valence-corrected chi connectivity index (χ3v) is 4.49. The molecule has 0 saturated carbocycles. The Balaban J connectivity index is 2.18. The second-order valence-electron chi connectivity index (χ2n) is 6.27. The van der Waals surface area contributed by atoms with Crippen molar-refractivity contribution >= 4 is 17.0 Å². The first-order chi connectivity index (χ1) is 11.7. The Kier molecular flexibility index (Phi) is 4.31. The van der Waals surface area contributed by atoms with Crippen LogP contribution in [0.4, 0.5) is 5.95 Å². The van der Waals surface area contributed by atoms with Crippen molar-refractivity contribution < 1.29 is 30.3 Å². The van der Waals surface area contributed by atoms with Crippen LogP contribution in [0.2, 0.25) is 0 Å². The van der Waals surface area contributed by atoms with E-state index in [-0.39, 0.29) is 17.0 Å². The minimum Gasteiger partial charge on any atom is -0.394 e. The maximum Gasteiger partial charge on any atom is 0.261 e. The molecule has 138 valence electrons. The average molecular weight is 356 g/mol. The number of aliphatic hydroxyl groups excluding tert-OH is 4. The zero-order valence-electron chi connectivity index (χ0n) is 13.3. The van der Waals surface area contributed by atoms with Gasteiger partial charge in [0.25, 0.3) is 5.56 Å². The van der Waals surface area contributed by atoms with Gasteiger partial charge in [0.1, 0.15) is 30.0 Å². The van der Waals surface area contributed by atoms with E-state index in [1.54, 1.807) is 0 Å². The Morgan fingerprint density at radius 2 is 2.08 bits per heavy atom. The lowest BCUT2D eigenvalue weighted by molar-refractivity contribution is -0.197. The summed E-state index contributed by atoms with van der Waals surface area (Å²) in [5.41, 5.74) is 3.03. The lowest BCUT2D eigenvalue weighted by Crippen LogP contribution is -2.53. The van der Waals surface area contributed by atoms with Gasteiger partial charge in [0.15, 0.2) is 11.9 Å². The number of nitrogens with zero attached hydrogens (tertiary/aromatic N) is 2. The molecule has 0 spiro atoms. The molecule has 6 atom stereocenters. The Labute approximate surface area is 140 Å². The number of aliphatic hydroxyl groups is 5. The molecule has 0 radical (unpaired) electrons. The van der Waals surface area contributed by atoms with Crippen LogP contribution in [0.1, 0.15) is 13.2 Å².